The summed E-state index contributed by atoms with van der Waals surface area (Å²) < 4.78 is 5.43. The van der Waals surface area contributed by atoms with Crippen LogP contribution in [0.3, 0.4) is 0 Å². The molecule has 3 aliphatic rings. The van der Waals surface area contributed by atoms with Crippen LogP contribution in [0.25, 0.3) is 0 Å². The summed E-state index contributed by atoms with van der Waals surface area (Å²) in [6, 6.07) is 0.819. The summed E-state index contributed by atoms with van der Waals surface area (Å²) in [6.07, 6.45) is 10.2. The maximum Gasteiger partial charge on any atom is 0.0507 e. The highest BCUT2D eigenvalue weighted by molar-refractivity contribution is 4.88. The molecule has 0 aromatic carbocycles. The number of nitrogens with one attached hydrogen (secondary N) is 1. The Morgan fingerprint density at radius 1 is 1.00 bits per heavy atom. The van der Waals surface area contributed by atoms with Gasteiger partial charge in [0.1, 0.15) is 0 Å². The molecule has 0 aromatic heterocycles. The molecule has 1 N–H and O–H groups in total. The average Bonchev–Trinajstić information content (AvgIpc) is 3.05. The van der Waals surface area contributed by atoms with E-state index in [0.717, 1.165) is 37.0 Å². The Labute approximate surface area is 99.1 Å². The van der Waals surface area contributed by atoms with Crippen molar-refractivity contribution in [1.82, 2.24) is 5.32 Å². The van der Waals surface area contributed by atoms with Crippen LogP contribution in [0.2, 0.25) is 0 Å². The first kappa shape index (κ1) is 11.0. The quantitative estimate of drug-likeness (QED) is 0.791. The smallest absolute Gasteiger partial charge is 0.0507 e. The van der Waals surface area contributed by atoms with Gasteiger partial charge in [-0.2, -0.15) is 0 Å². The first-order valence-electron chi connectivity index (χ1n) is 7.23. The van der Waals surface area contributed by atoms with Crippen LogP contribution in [-0.4, -0.2) is 25.8 Å². The first-order chi connectivity index (χ1) is 7.92. The van der Waals surface area contributed by atoms with Gasteiger partial charge in [0.2, 0.25) is 0 Å². The molecule has 0 radical (unpaired) electrons. The van der Waals surface area contributed by atoms with E-state index in [2.05, 4.69) is 5.32 Å². The second-order valence-electron chi connectivity index (χ2n) is 6.10. The number of rotatable bonds is 4. The van der Waals surface area contributed by atoms with Gasteiger partial charge < -0.3 is 10.1 Å². The first-order valence-corrected chi connectivity index (χ1v) is 7.23. The van der Waals surface area contributed by atoms with E-state index >= 15 is 0 Å². The van der Waals surface area contributed by atoms with E-state index in [4.69, 9.17) is 4.74 Å². The SMILES string of the molecule is C1CC(NCC2CCOC2)CC(C2CC2)C1. The van der Waals surface area contributed by atoms with Gasteiger partial charge in [0, 0.05) is 19.2 Å². The van der Waals surface area contributed by atoms with Crippen molar-refractivity contribution < 1.29 is 4.74 Å². The molecule has 2 nitrogen and oxygen atoms in total. The molecular formula is C14H25NO. The lowest BCUT2D eigenvalue weighted by atomic mass is 9.82. The van der Waals surface area contributed by atoms with Crippen LogP contribution >= 0.6 is 0 Å². The second-order valence-corrected chi connectivity index (χ2v) is 6.10. The van der Waals surface area contributed by atoms with Gasteiger partial charge in [0.15, 0.2) is 0 Å². The lowest BCUT2D eigenvalue weighted by Gasteiger charge is -2.30. The van der Waals surface area contributed by atoms with Gasteiger partial charge in [0.25, 0.3) is 0 Å². The Bertz CT molecular complexity index is 221. The Morgan fingerprint density at radius 3 is 2.69 bits per heavy atom. The van der Waals surface area contributed by atoms with Crippen molar-refractivity contribution in [2.75, 3.05) is 19.8 Å². The van der Waals surface area contributed by atoms with Gasteiger partial charge in [-0.15, -0.1) is 0 Å². The van der Waals surface area contributed by atoms with Gasteiger partial charge >= 0.3 is 0 Å². The van der Waals surface area contributed by atoms with Crippen LogP contribution in [0, 0.1) is 17.8 Å². The molecule has 0 bridgehead atoms. The predicted molar refractivity (Wildman–Crippen MR) is 65.4 cm³/mol. The largest absolute Gasteiger partial charge is 0.381 e. The molecule has 3 atom stereocenters. The summed E-state index contributed by atoms with van der Waals surface area (Å²) in [6.45, 7) is 3.18. The highest BCUT2D eigenvalue weighted by atomic mass is 16.5. The molecule has 0 spiro atoms. The summed E-state index contributed by atoms with van der Waals surface area (Å²) in [5.74, 6) is 2.96. The summed E-state index contributed by atoms with van der Waals surface area (Å²) in [7, 11) is 0. The van der Waals surface area contributed by atoms with Crippen molar-refractivity contribution in [3.8, 4) is 0 Å². The highest BCUT2D eigenvalue weighted by Gasteiger charge is 2.34. The zero-order valence-electron chi connectivity index (χ0n) is 10.3. The van der Waals surface area contributed by atoms with Crippen LogP contribution in [0.5, 0.6) is 0 Å². The summed E-state index contributed by atoms with van der Waals surface area (Å²) in [5, 5.41) is 3.80. The van der Waals surface area contributed by atoms with Crippen LogP contribution in [0.15, 0.2) is 0 Å². The van der Waals surface area contributed by atoms with Crippen LogP contribution < -0.4 is 5.32 Å². The normalized spacial score (nSPS) is 40.1. The van der Waals surface area contributed by atoms with Crippen molar-refractivity contribution in [2.24, 2.45) is 17.8 Å². The minimum atomic E-state index is 0.793. The predicted octanol–water partition coefficient (Wildman–Crippen LogP) is 2.58. The monoisotopic (exact) mass is 223 g/mol. The van der Waals surface area contributed by atoms with Crippen molar-refractivity contribution in [3.63, 3.8) is 0 Å². The number of hydrogen-bond acceptors (Lipinski definition) is 2. The Kier molecular flexibility index (Phi) is 3.49. The van der Waals surface area contributed by atoms with Crippen LogP contribution in [0.4, 0.5) is 0 Å². The molecule has 0 amide bonds. The summed E-state index contributed by atoms with van der Waals surface area (Å²) >= 11 is 0. The third kappa shape index (κ3) is 2.78. The minimum absolute atomic E-state index is 0.793. The fourth-order valence-electron chi connectivity index (χ4n) is 3.49. The maximum absolute atomic E-state index is 5.43. The van der Waals surface area contributed by atoms with Crippen LogP contribution in [0.1, 0.15) is 44.9 Å². The lowest BCUT2D eigenvalue weighted by molar-refractivity contribution is 0.182. The van der Waals surface area contributed by atoms with E-state index in [0.29, 0.717) is 0 Å². The van der Waals surface area contributed by atoms with Gasteiger partial charge in [-0.05, 0) is 49.9 Å². The molecule has 2 heteroatoms. The zero-order chi connectivity index (χ0) is 10.8. The molecule has 3 unspecified atom stereocenters. The van der Waals surface area contributed by atoms with Crippen molar-refractivity contribution in [3.05, 3.63) is 0 Å². The van der Waals surface area contributed by atoms with E-state index < -0.39 is 0 Å². The molecule has 92 valence electrons. The maximum atomic E-state index is 5.43. The second kappa shape index (κ2) is 5.05. The third-order valence-corrected chi connectivity index (χ3v) is 4.72. The average molecular weight is 223 g/mol. The number of ether oxygens (including phenoxy) is 1. The fraction of sp³-hybridized carbons (Fsp3) is 1.00. The molecular weight excluding hydrogens is 198 g/mol. The Balaban J connectivity index is 1.39. The highest BCUT2D eigenvalue weighted by Crippen LogP contribution is 2.43. The molecule has 3 rings (SSSR count). The Morgan fingerprint density at radius 2 is 1.94 bits per heavy atom. The third-order valence-electron chi connectivity index (χ3n) is 4.72. The number of hydrogen-bond donors (Lipinski definition) is 1. The topological polar surface area (TPSA) is 21.3 Å². The van der Waals surface area contributed by atoms with Crippen molar-refractivity contribution in [1.29, 1.82) is 0 Å². The van der Waals surface area contributed by atoms with Gasteiger partial charge in [-0.1, -0.05) is 12.8 Å². The fourth-order valence-corrected chi connectivity index (χ4v) is 3.49. The molecule has 16 heavy (non-hydrogen) atoms. The van der Waals surface area contributed by atoms with Crippen molar-refractivity contribution in [2.45, 2.75) is 51.0 Å². The standard InChI is InChI=1S/C14H25NO/c1-2-13(12-4-5-12)8-14(3-1)15-9-11-6-7-16-10-11/h11-15H,1-10H2. The molecule has 2 saturated carbocycles. The van der Waals surface area contributed by atoms with E-state index in [1.807, 2.05) is 0 Å². The summed E-state index contributed by atoms with van der Waals surface area (Å²) in [4.78, 5) is 0. The minimum Gasteiger partial charge on any atom is -0.381 e. The van der Waals surface area contributed by atoms with Gasteiger partial charge in [-0.25, -0.2) is 0 Å². The molecule has 1 aliphatic heterocycles. The zero-order valence-corrected chi connectivity index (χ0v) is 10.3. The van der Waals surface area contributed by atoms with Crippen molar-refractivity contribution >= 4 is 0 Å². The van der Waals surface area contributed by atoms with Crippen LogP contribution in [-0.2, 0) is 4.74 Å². The van der Waals surface area contributed by atoms with E-state index in [1.165, 1.54) is 51.5 Å². The lowest BCUT2D eigenvalue weighted by Crippen LogP contribution is -2.37. The molecule has 1 saturated heterocycles. The Hall–Kier alpha value is -0.0800. The van der Waals surface area contributed by atoms with E-state index in [1.54, 1.807) is 0 Å². The summed E-state index contributed by atoms with van der Waals surface area (Å²) in [5.41, 5.74) is 0. The van der Waals surface area contributed by atoms with Gasteiger partial charge in [0.05, 0.1) is 6.61 Å². The van der Waals surface area contributed by atoms with Gasteiger partial charge in [-0.3, -0.25) is 0 Å². The molecule has 2 aliphatic carbocycles. The molecule has 3 fully saturated rings. The molecule has 0 aromatic rings. The van der Waals surface area contributed by atoms with E-state index in [9.17, 15) is 0 Å². The van der Waals surface area contributed by atoms with E-state index in [-0.39, 0.29) is 0 Å². The molecule has 1 heterocycles.